The fraction of sp³-hybridized carbons (Fsp3) is 0.476. The molecule has 1 fully saturated rings. The number of carbonyl (C=O) groups is 1. The molecule has 1 aliphatic carbocycles. The van der Waals surface area contributed by atoms with Gasteiger partial charge in [0.2, 0.25) is 5.91 Å². The van der Waals surface area contributed by atoms with Gasteiger partial charge in [-0.05, 0) is 30.0 Å². The van der Waals surface area contributed by atoms with Crippen LogP contribution in [0.4, 0.5) is 5.82 Å². The summed E-state index contributed by atoms with van der Waals surface area (Å²) < 4.78 is 23.8. The van der Waals surface area contributed by atoms with E-state index >= 15 is 0 Å². The van der Waals surface area contributed by atoms with Gasteiger partial charge in [-0.25, -0.2) is 18.4 Å². The van der Waals surface area contributed by atoms with Gasteiger partial charge < -0.3 is 10.4 Å². The Hall–Kier alpha value is -1.68. The summed E-state index contributed by atoms with van der Waals surface area (Å²) in [7, 11) is -3.45. The summed E-state index contributed by atoms with van der Waals surface area (Å²) in [6, 6.07) is 4.72. The lowest BCUT2D eigenvalue weighted by Crippen LogP contribution is -2.24. The molecule has 0 radical (unpaired) electrons. The van der Waals surface area contributed by atoms with E-state index in [0.29, 0.717) is 34.5 Å². The van der Waals surface area contributed by atoms with Gasteiger partial charge in [-0.1, -0.05) is 43.4 Å². The number of rotatable bonds is 9. The molecule has 1 saturated carbocycles. The number of anilines is 1. The minimum absolute atomic E-state index is 0.0500. The minimum atomic E-state index is -3.45. The average Bonchev–Trinajstić information content (AvgIpc) is 3.23. The van der Waals surface area contributed by atoms with Gasteiger partial charge in [0, 0.05) is 12.0 Å². The minimum Gasteiger partial charge on any atom is -0.396 e. The first-order valence-corrected chi connectivity index (χ1v) is 13.4. The van der Waals surface area contributed by atoms with Crippen molar-refractivity contribution >= 4 is 44.9 Å². The van der Waals surface area contributed by atoms with Gasteiger partial charge in [-0.2, -0.15) is 0 Å². The highest BCUT2D eigenvalue weighted by Crippen LogP contribution is 2.36. The molecule has 168 valence electrons. The zero-order valence-electron chi connectivity index (χ0n) is 17.3. The highest BCUT2D eigenvalue weighted by Gasteiger charge is 2.28. The van der Waals surface area contributed by atoms with Crippen LogP contribution in [-0.4, -0.2) is 48.0 Å². The zero-order valence-corrected chi connectivity index (χ0v) is 19.6. The van der Waals surface area contributed by atoms with Crippen LogP contribution < -0.4 is 5.32 Å². The second-order valence-corrected chi connectivity index (χ2v) is 11.2. The second kappa shape index (κ2) is 10.8. The summed E-state index contributed by atoms with van der Waals surface area (Å²) >= 11 is 7.62. The fourth-order valence-corrected chi connectivity index (χ4v) is 5.72. The lowest BCUT2D eigenvalue weighted by molar-refractivity contribution is -0.118. The average molecular weight is 484 g/mol. The number of sulfone groups is 1. The van der Waals surface area contributed by atoms with Crippen molar-refractivity contribution in [3.63, 3.8) is 0 Å². The Kier molecular flexibility index (Phi) is 8.32. The van der Waals surface area contributed by atoms with Crippen molar-refractivity contribution in [2.45, 2.75) is 47.9 Å². The van der Waals surface area contributed by atoms with Gasteiger partial charge >= 0.3 is 0 Å². The van der Waals surface area contributed by atoms with Crippen LogP contribution in [0.3, 0.4) is 0 Å². The van der Waals surface area contributed by atoms with Crippen molar-refractivity contribution in [2.24, 2.45) is 5.92 Å². The van der Waals surface area contributed by atoms with Gasteiger partial charge in [0.15, 0.2) is 15.7 Å². The Morgan fingerprint density at radius 3 is 2.61 bits per heavy atom. The summed E-state index contributed by atoms with van der Waals surface area (Å²) in [5, 5.41) is 12.5. The summed E-state index contributed by atoms with van der Waals surface area (Å²) in [5.41, 5.74) is 0.685. The number of amides is 1. The molecule has 0 aliphatic heterocycles. The number of nitrogens with zero attached hydrogens (tertiary/aromatic N) is 2. The number of carbonyl (C=O) groups excluding carboxylic acids is 1. The van der Waals surface area contributed by atoms with E-state index in [0.717, 1.165) is 31.9 Å². The summed E-state index contributed by atoms with van der Waals surface area (Å²) in [5.74, 6) is 0.606. The normalized spacial score (nSPS) is 15.7. The molecule has 1 atom stereocenters. The summed E-state index contributed by atoms with van der Waals surface area (Å²) in [6.07, 6.45) is 9.29. The number of aromatic nitrogens is 2. The first-order chi connectivity index (χ1) is 14.8. The molecule has 31 heavy (non-hydrogen) atoms. The maximum Gasteiger partial charge on any atom is 0.233 e. The van der Waals surface area contributed by atoms with Crippen molar-refractivity contribution in [2.75, 3.05) is 23.9 Å². The topological polar surface area (TPSA) is 109 Å². The van der Waals surface area contributed by atoms with E-state index in [9.17, 15) is 13.2 Å². The Morgan fingerprint density at radius 2 is 2.03 bits per heavy atom. The summed E-state index contributed by atoms with van der Waals surface area (Å²) in [4.78, 5) is 21.7. The molecule has 0 bridgehead atoms. The molecule has 0 saturated heterocycles. The first kappa shape index (κ1) is 24.0. The van der Waals surface area contributed by atoms with Crippen LogP contribution >= 0.6 is 23.4 Å². The van der Waals surface area contributed by atoms with Gasteiger partial charge in [0.25, 0.3) is 0 Å². The molecule has 2 aromatic rings. The highest BCUT2D eigenvalue weighted by molar-refractivity contribution is 7.99. The molecule has 1 aliphatic rings. The Morgan fingerprint density at radius 1 is 1.29 bits per heavy atom. The Balaban J connectivity index is 1.81. The number of aliphatic hydroxyl groups excluding tert-OH is 1. The van der Waals surface area contributed by atoms with Gasteiger partial charge in [-0.3, -0.25) is 4.79 Å². The molecule has 1 aromatic heterocycles. The number of aliphatic hydroxyl groups is 1. The number of halogens is 1. The Labute approximate surface area is 191 Å². The molecule has 3 rings (SSSR count). The van der Waals surface area contributed by atoms with Crippen LogP contribution in [0, 0.1) is 5.92 Å². The van der Waals surface area contributed by atoms with Gasteiger partial charge in [0.05, 0.1) is 34.8 Å². The molecule has 1 aromatic carbocycles. The number of benzene rings is 1. The molecular weight excluding hydrogens is 458 g/mol. The fourth-order valence-electron chi connectivity index (χ4n) is 3.83. The molecule has 1 heterocycles. The SMILES string of the molecule is CS(=O)(=O)c1ccc([C@@H](CC2CCCC2)C(=O)Nc2cnc(SCCO)cn2)cc1Cl. The van der Waals surface area contributed by atoms with Crippen molar-refractivity contribution in [1.29, 1.82) is 0 Å². The van der Waals surface area contributed by atoms with Crippen LogP contribution in [0.15, 0.2) is 40.5 Å². The second-order valence-electron chi connectivity index (χ2n) is 7.70. The van der Waals surface area contributed by atoms with Crippen LogP contribution in [0.25, 0.3) is 0 Å². The molecule has 2 N–H and O–H groups in total. The maximum atomic E-state index is 13.2. The summed E-state index contributed by atoms with van der Waals surface area (Å²) in [6.45, 7) is 0.0500. The quantitative estimate of drug-likeness (QED) is 0.520. The van der Waals surface area contributed by atoms with E-state index < -0.39 is 15.8 Å². The van der Waals surface area contributed by atoms with E-state index in [1.807, 2.05) is 0 Å². The number of hydrogen-bond acceptors (Lipinski definition) is 7. The number of thioether (sulfide) groups is 1. The monoisotopic (exact) mass is 483 g/mol. The van der Waals surface area contributed by atoms with Crippen molar-refractivity contribution in [3.8, 4) is 0 Å². The van der Waals surface area contributed by atoms with Gasteiger partial charge in [0.1, 0.15) is 5.03 Å². The van der Waals surface area contributed by atoms with Crippen molar-refractivity contribution in [1.82, 2.24) is 9.97 Å². The third-order valence-electron chi connectivity index (χ3n) is 5.34. The molecule has 0 spiro atoms. The highest BCUT2D eigenvalue weighted by atomic mass is 35.5. The van der Waals surface area contributed by atoms with E-state index in [4.69, 9.17) is 16.7 Å². The maximum absolute atomic E-state index is 13.2. The lowest BCUT2D eigenvalue weighted by Gasteiger charge is -2.21. The standard InChI is InChI=1S/C21H26ClN3O4S2/c1-31(28,29)18-7-6-15(11-17(18)22)16(10-14-4-2-3-5-14)21(27)25-19-12-24-20(13-23-19)30-9-8-26/h6-7,11-14,16,26H,2-5,8-10H2,1H3,(H,23,25,27)/t16-/m1/s1. The van der Waals surface area contributed by atoms with Crippen molar-refractivity contribution in [3.05, 3.63) is 41.2 Å². The predicted molar refractivity (Wildman–Crippen MR) is 122 cm³/mol. The zero-order chi connectivity index (χ0) is 22.4. The number of nitrogens with one attached hydrogen (secondary N) is 1. The largest absolute Gasteiger partial charge is 0.396 e. The Bertz CT molecular complexity index is 1010. The van der Waals surface area contributed by atoms with E-state index in [-0.39, 0.29) is 22.4 Å². The smallest absolute Gasteiger partial charge is 0.233 e. The number of hydrogen-bond donors (Lipinski definition) is 2. The van der Waals surface area contributed by atoms with Crippen LogP contribution in [0.1, 0.15) is 43.6 Å². The van der Waals surface area contributed by atoms with E-state index in [1.54, 1.807) is 18.3 Å². The first-order valence-electron chi connectivity index (χ1n) is 10.1. The van der Waals surface area contributed by atoms with Crippen LogP contribution in [0.2, 0.25) is 5.02 Å². The predicted octanol–water partition coefficient (Wildman–Crippen LogP) is 3.92. The van der Waals surface area contributed by atoms with Crippen molar-refractivity contribution < 1.29 is 18.3 Å². The third-order valence-corrected chi connectivity index (χ3v) is 7.81. The molecule has 7 nitrogen and oxygen atoms in total. The molecular formula is C21H26ClN3O4S2. The van der Waals surface area contributed by atoms with Crippen LogP contribution in [-0.2, 0) is 14.6 Å². The van der Waals surface area contributed by atoms with Gasteiger partial charge in [-0.15, -0.1) is 11.8 Å². The molecule has 10 heteroatoms. The van der Waals surface area contributed by atoms with Crippen LogP contribution in [0.5, 0.6) is 0 Å². The van der Waals surface area contributed by atoms with E-state index in [1.165, 1.54) is 24.0 Å². The van der Waals surface area contributed by atoms with E-state index in [2.05, 4.69) is 15.3 Å². The lowest BCUT2D eigenvalue weighted by atomic mass is 9.87. The molecule has 0 unspecified atom stereocenters. The molecule has 1 amide bonds. The third kappa shape index (κ3) is 6.65.